The second-order valence-electron chi connectivity index (χ2n) is 3.90. The van der Waals surface area contributed by atoms with Gasteiger partial charge in [0.05, 0.1) is 6.04 Å². The van der Waals surface area contributed by atoms with Crippen LogP contribution in [0, 0.1) is 0 Å². The molecule has 0 aromatic heterocycles. The third kappa shape index (κ3) is 2.12. The lowest BCUT2D eigenvalue weighted by Crippen LogP contribution is -2.37. The van der Waals surface area contributed by atoms with Gasteiger partial charge in [-0.15, -0.1) is 0 Å². The maximum absolute atomic E-state index is 11.1. The van der Waals surface area contributed by atoms with Crippen LogP contribution in [-0.2, 0) is 0 Å². The van der Waals surface area contributed by atoms with E-state index in [9.17, 15) is 4.79 Å². The molecule has 0 saturated carbocycles. The minimum atomic E-state index is -0.802. The van der Waals surface area contributed by atoms with E-state index in [1.807, 2.05) is 30.3 Å². The SMILES string of the molecule is O=C(O)N1CCCC[C@H]1c1ccccc1. The Labute approximate surface area is 89.3 Å². The van der Waals surface area contributed by atoms with Gasteiger partial charge in [0.2, 0.25) is 0 Å². The van der Waals surface area contributed by atoms with Crippen molar-refractivity contribution < 1.29 is 9.90 Å². The molecular formula is C12H15NO2. The molecule has 0 unspecified atom stereocenters. The zero-order valence-electron chi connectivity index (χ0n) is 8.60. The van der Waals surface area contributed by atoms with E-state index in [4.69, 9.17) is 5.11 Å². The molecule has 1 fully saturated rings. The van der Waals surface area contributed by atoms with Crippen LogP contribution in [0.4, 0.5) is 4.79 Å². The van der Waals surface area contributed by atoms with Gasteiger partial charge in [-0.2, -0.15) is 0 Å². The zero-order chi connectivity index (χ0) is 10.7. The van der Waals surface area contributed by atoms with Crippen LogP contribution in [0.3, 0.4) is 0 Å². The van der Waals surface area contributed by atoms with E-state index in [-0.39, 0.29) is 6.04 Å². The first kappa shape index (κ1) is 10.0. The van der Waals surface area contributed by atoms with Gasteiger partial charge < -0.3 is 10.0 Å². The van der Waals surface area contributed by atoms with Crippen LogP contribution in [0.15, 0.2) is 30.3 Å². The summed E-state index contributed by atoms with van der Waals surface area (Å²) in [5.74, 6) is 0. The molecule has 1 N–H and O–H groups in total. The van der Waals surface area contributed by atoms with Gasteiger partial charge in [0.25, 0.3) is 0 Å². The second-order valence-corrected chi connectivity index (χ2v) is 3.90. The third-order valence-corrected chi connectivity index (χ3v) is 2.93. The van der Waals surface area contributed by atoms with Gasteiger partial charge in [0.1, 0.15) is 0 Å². The van der Waals surface area contributed by atoms with Crippen molar-refractivity contribution >= 4 is 6.09 Å². The molecular weight excluding hydrogens is 190 g/mol. The maximum Gasteiger partial charge on any atom is 0.407 e. The fourth-order valence-electron chi connectivity index (χ4n) is 2.18. The highest BCUT2D eigenvalue weighted by molar-refractivity contribution is 5.66. The summed E-state index contributed by atoms with van der Waals surface area (Å²) >= 11 is 0. The molecule has 1 aromatic carbocycles. The lowest BCUT2D eigenvalue weighted by Gasteiger charge is -2.33. The zero-order valence-corrected chi connectivity index (χ0v) is 8.60. The summed E-state index contributed by atoms with van der Waals surface area (Å²) in [5.41, 5.74) is 1.11. The monoisotopic (exact) mass is 205 g/mol. The predicted octanol–water partition coefficient (Wildman–Crippen LogP) is 2.89. The fourth-order valence-corrected chi connectivity index (χ4v) is 2.18. The van der Waals surface area contributed by atoms with E-state index in [1.165, 1.54) is 0 Å². The smallest absolute Gasteiger partial charge is 0.407 e. The lowest BCUT2D eigenvalue weighted by atomic mass is 9.96. The summed E-state index contributed by atoms with van der Waals surface area (Å²) in [7, 11) is 0. The Balaban J connectivity index is 2.22. The van der Waals surface area contributed by atoms with Gasteiger partial charge in [-0.3, -0.25) is 0 Å². The molecule has 0 spiro atoms. The Bertz CT molecular complexity index is 337. The van der Waals surface area contributed by atoms with Gasteiger partial charge in [-0.1, -0.05) is 30.3 Å². The highest BCUT2D eigenvalue weighted by atomic mass is 16.4. The fraction of sp³-hybridized carbons (Fsp3) is 0.417. The van der Waals surface area contributed by atoms with Gasteiger partial charge in [0, 0.05) is 6.54 Å². The maximum atomic E-state index is 11.1. The molecule has 2 rings (SSSR count). The van der Waals surface area contributed by atoms with Crippen LogP contribution in [0.5, 0.6) is 0 Å². The van der Waals surface area contributed by atoms with Crippen molar-refractivity contribution in [3.05, 3.63) is 35.9 Å². The lowest BCUT2D eigenvalue weighted by molar-refractivity contribution is 0.106. The molecule has 1 amide bonds. The largest absolute Gasteiger partial charge is 0.465 e. The molecule has 1 heterocycles. The summed E-state index contributed by atoms with van der Waals surface area (Å²) in [6.45, 7) is 0.662. The number of hydrogen-bond acceptors (Lipinski definition) is 1. The number of likely N-dealkylation sites (tertiary alicyclic amines) is 1. The Morgan fingerprint density at radius 3 is 2.67 bits per heavy atom. The van der Waals surface area contributed by atoms with Crippen LogP contribution >= 0.6 is 0 Å². The third-order valence-electron chi connectivity index (χ3n) is 2.93. The van der Waals surface area contributed by atoms with Crippen LogP contribution < -0.4 is 0 Å². The molecule has 0 radical (unpaired) electrons. The van der Waals surface area contributed by atoms with Crippen molar-refractivity contribution in [2.75, 3.05) is 6.54 Å². The van der Waals surface area contributed by atoms with Crippen molar-refractivity contribution in [1.82, 2.24) is 4.90 Å². The Morgan fingerprint density at radius 1 is 1.27 bits per heavy atom. The van der Waals surface area contributed by atoms with Crippen LogP contribution in [0.25, 0.3) is 0 Å². The number of carbonyl (C=O) groups is 1. The first-order chi connectivity index (χ1) is 7.29. The number of amides is 1. The summed E-state index contributed by atoms with van der Waals surface area (Å²) < 4.78 is 0. The van der Waals surface area contributed by atoms with Crippen molar-refractivity contribution in [1.29, 1.82) is 0 Å². The number of hydrogen-bond donors (Lipinski definition) is 1. The molecule has 0 bridgehead atoms. The number of carboxylic acid groups (broad SMARTS) is 1. The number of benzene rings is 1. The Kier molecular flexibility index (Phi) is 2.90. The highest BCUT2D eigenvalue weighted by Crippen LogP contribution is 2.30. The molecule has 1 aliphatic heterocycles. The van der Waals surface area contributed by atoms with Crippen molar-refractivity contribution in [2.24, 2.45) is 0 Å². The molecule has 80 valence electrons. The van der Waals surface area contributed by atoms with E-state index in [0.29, 0.717) is 6.54 Å². The molecule has 1 aromatic rings. The number of nitrogens with zero attached hydrogens (tertiary/aromatic N) is 1. The molecule has 0 aliphatic carbocycles. The molecule has 3 heteroatoms. The average molecular weight is 205 g/mol. The normalized spacial score (nSPS) is 21.3. The summed E-state index contributed by atoms with van der Waals surface area (Å²) in [5, 5.41) is 9.10. The minimum absolute atomic E-state index is 0.0532. The molecule has 3 nitrogen and oxygen atoms in total. The van der Waals surface area contributed by atoms with E-state index < -0.39 is 6.09 Å². The Hall–Kier alpha value is -1.51. The topological polar surface area (TPSA) is 40.5 Å². The summed E-state index contributed by atoms with van der Waals surface area (Å²) in [6, 6.07) is 9.95. The quantitative estimate of drug-likeness (QED) is 0.765. The van der Waals surface area contributed by atoms with Crippen LogP contribution in [0.1, 0.15) is 30.9 Å². The van der Waals surface area contributed by atoms with E-state index in [0.717, 1.165) is 24.8 Å². The van der Waals surface area contributed by atoms with Gasteiger partial charge in [0.15, 0.2) is 0 Å². The molecule has 1 atom stereocenters. The minimum Gasteiger partial charge on any atom is -0.465 e. The standard InChI is InChI=1S/C12H15NO2/c14-12(15)13-9-5-4-8-11(13)10-6-2-1-3-7-10/h1-3,6-7,11H,4-5,8-9H2,(H,14,15)/t11-/m0/s1. The summed E-state index contributed by atoms with van der Waals surface area (Å²) in [4.78, 5) is 12.6. The molecule has 15 heavy (non-hydrogen) atoms. The van der Waals surface area contributed by atoms with E-state index in [1.54, 1.807) is 4.90 Å². The van der Waals surface area contributed by atoms with Crippen molar-refractivity contribution in [3.63, 3.8) is 0 Å². The van der Waals surface area contributed by atoms with Gasteiger partial charge in [-0.25, -0.2) is 4.79 Å². The highest BCUT2D eigenvalue weighted by Gasteiger charge is 2.27. The van der Waals surface area contributed by atoms with Gasteiger partial charge >= 0.3 is 6.09 Å². The molecule has 1 saturated heterocycles. The second kappa shape index (κ2) is 4.34. The molecule has 1 aliphatic rings. The van der Waals surface area contributed by atoms with Crippen LogP contribution in [-0.4, -0.2) is 22.6 Å². The average Bonchev–Trinajstić information content (AvgIpc) is 2.30. The van der Waals surface area contributed by atoms with Crippen molar-refractivity contribution in [3.8, 4) is 0 Å². The first-order valence-corrected chi connectivity index (χ1v) is 5.33. The Morgan fingerprint density at radius 2 is 2.00 bits per heavy atom. The number of piperidine rings is 1. The van der Waals surface area contributed by atoms with Crippen molar-refractivity contribution in [2.45, 2.75) is 25.3 Å². The van der Waals surface area contributed by atoms with E-state index in [2.05, 4.69) is 0 Å². The predicted molar refractivity (Wildman–Crippen MR) is 57.8 cm³/mol. The van der Waals surface area contributed by atoms with E-state index >= 15 is 0 Å². The first-order valence-electron chi connectivity index (χ1n) is 5.33. The van der Waals surface area contributed by atoms with Crippen LogP contribution in [0.2, 0.25) is 0 Å². The number of rotatable bonds is 1. The summed E-state index contributed by atoms with van der Waals surface area (Å²) in [6.07, 6.45) is 2.23. The van der Waals surface area contributed by atoms with Gasteiger partial charge in [-0.05, 0) is 24.8 Å².